The van der Waals surface area contributed by atoms with Gasteiger partial charge in [0.1, 0.15) is 0 Å². The molecule has 4 heteroatoms. The van der Waals surface area contributed by atoms with Crippen LogP contribution < -0.4 is 5.32 Å². The largest absolute Gasteiger partial charge is 0.322 e. The smallest absolute Gasteiger partial charge is 0.241 e. The molecule has 2 aliphatic heterocycles. The highest BCUT2D eigenvalue weighted by Crippen LogP contribution is 2.29. The molecule has 3 nitrogen and oxygen atoms in total. The van der Waals surface area contributed by atoms with E-state index in [-0.39, 0.29) is 12.2 Å². The van der Waals surface area contributed by atoms with Gasteiger partial charge in [0.05, 0.1) is 12.2 Å². The topological polar surface area (TPSA) is 32.3 Å². The molecule has 1 N–H and O–H groups in total. The summed E-state index contributed by atoms with van der Waals surface area (Å²) in [6.07, 6.45) is 4.57. The first kappa shape index (κ1) is 14.2. The third kappa shape index (κ3) is 3.02. The van der Waals surface area contributed by atoms with Crippen molar-refractivity contribution in [1.82, 2.24) is 10.2 Å². The number of carbonyl (C=O) groups excluding carboxylic acids is 1. The first-order valence-electron chi connectivity index (χ1n) is 7.29. The lowest BCUT2D eigenvalue weighted by atomic mass is 10.1. The monoisotopic (exact) mass is 270 g/mol. The van der Waals surface area contributed by atoms with Gasteiger partial charge in [-0.15, -0.1) is 0 Å². The Balaban J connectivity index is 2.07. The van der Waals surface area contributed by atoms with E-state index in [1.807, 2.05) is 11.8 Å². The molecule has 0 spiro atoms. The summed E-state index contributed by atoms with van der Waals surface area (Å²) >= 11 is 1.98. The van der Waals surface area contributed by atoms with Crippen molar-refractivity contribution in [2.75, 3.05) is 11.5 Å². The Bertz CT molecular complexity index is 290. The lowest BCUT2D eigenvalue weighted by molar-refractivity contribution is -0.132. The maximum atomic E-state index is 12.5. The minimum absolute atomic E-state index is 0.0735. The molecule has 2 heterocycles. The molecule has 0 aromatic carbocycles. The molecule has 18 heavy (non-hydrogen) atoms. The molecule has 0 aromatic rings. The van der Waals surface area contributed by atoms with Gasteiger partial charge >= 0.3 is 0 Å². The Labute approximate surface area is 115 Å². The third-order valence-corrected chi connectivity index (χ3v) is 5.00. The minimum atomic E-state index is 0.0735. The van der Waals surface area contributed by atoms with Crippen LogP contribution in [0.2, 0.25) is 0 Å². The van der Waals surface area contributed by atoms with Crippen molar-refractivity contribution in [2.45, 2.75) is 64.7 Å². The number of nitrogens with zero attached hydrogens (tertiary/aromatic N) is 1. The van der Waals surface area contributed by atoms with Gasteiger partial charge in [-0.05, 0) is 30.9 Å². The van der Waals surface area contributed by atoms with E-state index < -0.39 is 0 Å². The first-order valence-corrected chi connectivity index (χ1v) is 8.45. The lowest BCUT2D eigenvalue weighted by Crippen LogP contribution is -2.45. The van der Waals surface area contributed by atoms with Gasteiger partial charge in [-0.2, -0.15) is 11.8 Å². The molecule has 1 amide bonds. The summed E-state index contributed by atoms with van der Waals surface area (Å²) < 4.78 is 0. The number of nitrogens with one attached hydrogen (secondary N) is 1. The molecule has 2 saturated heterocycles. The molecule has 0 aliphatic carbocycles. The summed E-state index contributed by atoms with van der Waals surface area (Å²) in [5, 5.41) is 3.57. The molecular formula is C14H26N2OS. The third-order valence-electron chi connectivity index (χ3n) is 3.85. The number of hydrogen-bond donors (Lipinski definition) is 1. The zero-order valence-corrected chi connectivity index (χ0v) is 12.6. The van der Waals surface area contributed by atoms with E-state index in [0.29, 0.717) is 17.9 Å². The molecule has 3 unspecified atom stereocenters. The Kier molecular flexibility index (Phi) is 4.96. The Morgan fingerprint density at radius 1 is 1.50 bits per heavy atom. The maximum Gasteiger partial charge on any atom is 0.241 e. The van der Waals surface area contributed by atoms with Crippen LogP contribution >= 0.6 is 11.8 Å². The van der Waals surface area contributed by atoms with Crippen molar-refractivity contribution < 1.29 is 4.79 Å². The van der Waals surface area contributed by atoms with Crippen LogP contribution in [0.3, 0.4) is 0 Å². The number of carbonyl (C=O) groups is 1. The van der Waals surface area contributed by atoms with Gasteiger partial charge in [-0.3, -0.25) is 10.1 Å². The predicted molar refractivity (Wildman–Crippen MR) is 77.7 cm³/mol. The number of hydrogen-bond acceptors (Lipinski definition) is 3. The van der Waals surface area contributed by atoms with Gasteiger partial charge in [-0.25, -0.2) is 0 Å². The fourth-order valence-electron chi connectivity index (χ4n) is 3.02. The fourth-order valence-corrected chi connectivity index (χ4v) is 4.22. The van der Waals surface area contributed by atoms with Gasteiger partial charge in [0, 0.05) is 11.8 Å². The summed E-state index contributed by atoms with van der Waals surface area (Å²) in [7, 11) is 0. The zero-order valence-electron chi connectivity index (χ0n) is 11.8. The van der Waals surface area contributed by atoms with Crippen molar-refractivity contribution in [3.8, 4) is 0 Å². The summed E-state index contributed by atoms with van der Waals surface area (Å²) in [5.41, 5.74) is 0. The molecule has 2 aliphatic rings. The lowest BCUT2D eigenvalue weighted by Gasteiger charge is -2.30. The van der Waals surface area contributed by atoms with Crippen molar-refractivity contribution >= 4 is 17.7 Å². The maximum absolute atomic E-state index is 12.5. The summed E-state index contributed by atoms with van der Waals surface area (Å²) in [4.78, 5) is 14.7. The minimum Gasteiger partial charge on any atom is -0.322 e. The van der Waals surface area contributed by atoms with E-state index in [1.165, 1.54) is 12.2 Å². The first-order chi connectivity index (χ1) is 8.63. The second-order valence-electron chi connectivity index (χ2n) is 5.92. The van der Waals surface area contributed by atoms with E-state index in [9.17, 15) is 4.79 Å². The van der Waals surface area contributed by atoms with Gasteiger partial charge in [-0.1, -0.05) is 27.2 Å². The molecule has 0 radical (unpaired) electrons. The number of amides is 1. The van der Waals surface area contributed by atoms with Crippen LogP contribution in [-0.2, 0) is 4.79 Å². The van der Waals surface area contributed by atoms with Crippen LogP contribution in [0, 0.1) is 5.92 Å². The Morgan fingerprint density at radius 3 is 2.83 bits per heavy atom. The highest BCUT2D eigenvalue weighted by atomic mass is 32.2. The molecule has 0 bridgehead atoms. The van der Waals surface area contributed by atoms with Crippen LogP contribution in [0.15, 0.2) is 0 Å². The average molecular weight is 270 g/mol. The van der Waals surface area contributed by atoms with Gasteiger partial charge in [0.2, 0.25) is 5.91 Å². The second-order valence-corrected chi connectivity index (χ2v) is 7.07. The van der Waals surface area contributed by atoms with Crippen molar-refractivity contribution in [1.29, 1.82) is 0 Å². The molecule has 2 rings (SSSR count). The Hall–Kier alpha value is -0.220. The van der Waals surface area contributed by atoms with E-state index in [1.54, 1.807) is 0 Å². The zero-order chi connectivity index (χ0) is 13.1. The van der Waals surface area contributed by atoms with E-state index >= 15 is 0 Å². The van der Waals surface area contributed by atoms with Crippen LogP contribution in [0.5, 0.6) is 0 Å². The fraction of sp³-hybridized carbons (Fsp3) is 0.929. The predicted octanol–water partition coefficient (Wildman–Crippen LogP) is 2.46. The summed E-state index contributed by atoms with van der Waals surface area (Å²) in [6, 6.07) is 0.546. The molecule has 0 aromatic heterocycles. The Morgan fingerprint density at radius 2 is 2.28 bits per heavy atom. The molecule has 2 fully saturated rings. The molecule has 104 valence electrons. The van der Waals surface area contributed by atoms with E-state index in [4.69, 9.17) is 0 Å². The standard InChI is InChI=1S/C14H26N2OS/c1-4-5-12-14(17)16(11-6-7-18-9-11)13(15-12)8-10(2)3/h10-13,15H,4-9H2,1-3H3. The summed E-state index contributed by atoms with van der Waals surface area (Å²) in [5.74, 6) is 3.32. The normalized spacial score (nSPS) is 32.8. The van der Waals surface area contributed by atoms with Gasteiger partial charge in [0.25, 0.3) is 0 Å². The molecule has 3 atom stereocenters. The molecular weight excluding hydrogens is 244 g/mol. The number of rotatable bonds is 5. The van der Waals surface area contributed by atoms with Gasteiger partial charge in [0.15, 0.2) is 0 Å². The summed E-state index contributed by atoms with van der Waals surface area (Å²) in [6.45, 7) is 6.63. The van der Waals surface area contributed by atoms with Crippen molar-refractivity contribution in [3.63, 3.8) is 0 Å². The van der Waals surface area contributed by atoms with E-state index in [2.05, 4.69) is 31.0 Å². The highest BCUT2D eigenvalue weighted by molar-refractivity contribution is 7.99. The van der Waals surface area contributed by atoms with Crippen LogP contribution in [0.1, 0.15) is 46.5 Å². The van der Waals surface area contributed by atoms with Crippen molar-refractivity contribution in [3.05, 3.63) is 0 Å². The average Bonchev–Trinajstić information content (AvgIpc) is 2.88. The second kappa shape index (κ2) is 6.29. The van der Waals surface area contributed by atoms with Crippen LogP contribution in [-0.4, -0.2) is 40.6 Å². The highest BCUT2D eigenvalue weighted by Gasteiger charge is 2.42. The van der Waals surface area contributed by atoms with Gasteiger partial charge < -0.3 is 4.90 Å². The quantitative estimate of drug-likeness (QED) is 0.833. The molecule has 0 saturated carbocycles. The van der Waals surface area contributed by atoms with E-state index in [0.717, 1.165) is 25.0 Å². The van der Waals surface area contributed by atoms with Crippen LogP contribution in [0.4, 0.5) is 0 Å². The number of thioether (sulfide) groups is 1. The SMILES string of the molecule is CCCC1NC(CC(C)C)N(C2CCSC2)C1=O. The van der Waals surface area contributed by atoms with Crippen LogP contribution in [0.25, 0.3) is 0 Å². The van der Waals surface area contributed by atoms with Crippen molar-refractivity contribution in [2.24, 2.45) is 5.92 Å².